The van der Waals surface area contributed by atoms with Crippen molar-refractivity contribution in [3.63, 3.8) is 0 Å². The third kappa shape index (κ3) is 3.63. The van der Waals surface area contributed by atoms with Gasteiger partial charge in [0.05, 0.1) is 11.9 Å². The minimum atomic E-state index is 0. The van der Waals surface area contributed by atoms with Gasteiger partial charge >= 0.3 is 0 Å². The number of piperidine rings is 1. The van der Waals surface area contributed by atoms with Gasteiger partial charge in [-0.25, -0.2) is 9.97 Å². The molecule has 7 heteroatoms. The summed E-state index contributed by atoms with van der Waals surface area (Å²) in [4.78, 5) is 14.5. The number of aryl methyl sites for hydroxylation is 2. The number of aromatic nitrogens is 2. The lowest BCUT2D eigenvalue weighted by Gasteiger charge is -2.37. The molecule has 0 bridgehead atoms. The second-order valence-corrected chi connectivity index (χ2v) is 8.39. The number of rotatable bonds is 3. The first-order valence-electron chi connectivity index (χ1n) is 9.19. The van der Waals surface area contributed by atoms with Crippen molar-refractivity contribution in [2.24, 2.45) is 5.73 Å². The van der Waals surface area contributed by atoms with Gasteiger partial charge in [-0.3, -0.25) is 4.90 Å². The van der Waals surface area contributed by atoms with Crippen LogP contribution in [0.15, 0.2) is 0 Å². The van der Waals surface area contributed by atoms with Crippen molar-refractivity contribution in [2.45, 2.75) is 70.5 Å². The van der Waals surface area contributed by atoms with Crippen molar-refractivity contribution < 1.29 is 0 Å². The summed E-state index contributed by atoms with van der Waals surface area (Å²) in [5, 5.41) is 1.13. The Morgan fingerprint density at radius 2 is 2.00 bits per heavy atom. The van der Waals surface area contributed by atoms with E-state index in [9.17, 15) is 0 Å². The lowest BCUT2D eigenvalue weighted by molar-refractivity contribution is 0.120. The molecule has 1 saturated heterocycles. The number of hydrogen-bond acceptors (Lipinski definition) is 6. The number of anilines is 1. The number of thiophene rings is 1. The lowest BCUT2D eigenvalue weighted by Crippen LogP contribution is -2.48. The van der Waals surface area contributed by atoms with Gasteiger partial charge in [0, 0.05) is 17.0 Å². The highest BCUT2D eigenvalue weighted by Gasteiger charge is 2.27. The fourth-order valence-corrected chi connectivity index (χ4v) is 5.58. The van der Waals surface area contributed by atoms with Crippen LogP contribution in [0.1, 0.15) is 55.3 Å². The Morgan fingerprint density at radius 3 is 2.80 bits per heavy atom. The molecule has 0 radical (unpaired) electrons. The highest BCUT2D eigenvalue weighted by Crippen LogP contribution is 2.37. The number of nitrogen functional groups attached to an aromatic ring is 1. The zero-order valence-corrected chi connectivity index (χ0v) is 16.5. The molecular formula is C18H28ClN5S. The van der Waals surface area contributed by atoms with Crippen molar-refractivity contribution in [2.75, 3.05) is 12.3 Å². The van der Waals surface area contributed by atoms with Crippen LogP contribution in [0.4, 0.5) is 5.82 Å². The monoisotopic (exact) mass is 381 g/mol. The SMILES string of the molecule is CC(N)C1CCCCN1Cc1nc(N)c2c3c(sc2n1)CCCC3.Cl. The van der Waals surface area contributed by atoms with Gasteiger partial charge < -0.3 is 11.5 Å². The second-order valence-electron chi connectivity index (χ2n) is 7.31. The zero-order chi connectivity index (χ0) is 16.7. The molecule has 25 heavy (non-hydrogen) atoms. The van der Waals surface area contributed by atoms with E-state index in [1.54, 1.807) is 0 Å². The first-order chi connectivity index (χ1) is 11.6. The summed E-state index contributed by atoms with van der Waals surface area (Å²) in [6.45, 7) is 3.94. The zero-order valence-electron chi connectivity index (χ0n) is 14.8. The molecule has 0 spiro atoms. The molecule has 0 aromatic carbocycles. The molecule has 2 atom stereocenters. The lowest BCUT2D eigenvalue weighted by atomic mass is 9.96. The van der Waals surface area contributed by atoms with E-state index >= 15 is 0 Å². The molecule has 4 N–H and O–H groups in total. The molecular weight excluding hydrogens is 354 g/mol. The van der Waals surface area contributed by atoms with E-state index in [4.69, 9.17) is 16.5 Å². The van der Waals surface area contributed by atoms with Gasteiger partial charge in [0.25, 0.3) is 0 Å². The van der Waals surface area contributed by atoms with Crippen molar-refractivity contribution in [3.05, 3.63) is 16.3 Å². The van der Waals surface area contributed by atoms with Gasteiger partial charge in [0.15, 0.2) is 0 Å². The first-order valence-corrected chi connectivity index (χ1v) is 10.0. The minimum Gasteiger partial charge on any atom is -0.383 e. The third-order valence-electron chi connectivity index (χ3n) is 5.50. The molecule has 2 unspecified atom stereocenters. The van der Waals surface area contributed by atoms with Crippen molar-refractivity contribution in [1.82, 2.24) is 14.9 Å². The molecule has 3 heterocycles. The number of halogens is 1. The minimum absolute atomic E-state index is 0. The standard InChI is InChI=1S/C18H27N5S.ClH/c1-11(19)13-7-4-5-9-23(13)10-15-21-17(20)16-12-6-2-3-8-14(12)24-18(16)22-15;/h11,13H,2-10,19H2,1H3,(H2,20,21,22);1H. The van der Waals surface area contributed by atoms with Crippen LogP contribution in [-0.4, -0.2) is 33.5 Å². The summed E-state index contributed by atoms with van der Waals surface area (Å²) in [5.74, 6) is 1.52. The number of nitrogens with zero attached hydrogens (tertiary/aromatic N) is 3. The highest BCUT2D eigenvalue weighted by atomic mass is 35.5. The van der Waals surface area contributed by atoms with Gasteiger partial charge in [-0.2, -0.15) is 0 Å². The topological polar surface area (TPSA) is 81.1 Å². The van der Waals surface area contributed by atoms with E-state index in [1.165, 1.54) is 49.0 Å². The number of fused-ring (bicyclic) bond motifs is 3. The molecule has 1 fully saturated rings. The van der Waals surface area contributed by atoms with E-state index in [1.807, 2.05) is 11.3 Å². The van der Waals surface area contributed by atoms with Crippen molar-refractivity contribution >= 4 is 39.8 Å². The van der Waals surface area contributed by atoms with Crippen LogP contribution in [0, 0.1) is 0 Å². The maximum absolute atomic E-state index is 6.34. The summed E-state index contributed by atoms with van der Waals surface area (Å²) in [7, 11) is 0. The normalized spacial score (nSPS) is 22.4. The number of likely N-dealkylation sites (tertiary alicyclic amines) is 1. The van der Waals surface area contributed by atoms with Crippen LogP contribution < -0.4 is 11.5 Å². The highest BCUT2D eigenvalue weighted by molar-refractivity contribution is 7.19. The Hall–Kier alpha value is -0.950. The van der Waals surface area contributed by atoms with Crippen molar-refractivity contribution in [3.8, 4) is 0 Å². The Balaban J connectivity index is 0.00000182. The Morgan fingerprint density at radius 1 is 1.20 bits per heavy atom. The van der Waals surface area contributed by atoms with Gasteiger partial charge in [-0.05, 0) is 57.6 Å². The number of nitrogens with two attached hydrogens (primary N) is 2. The van der Waals surface area contributed by atoms with E-state index < -0.39 is 0 Å². The van der Waals surface area contributed by atoms with Crippen molar-refractivity contribution in [1.29, 1.82) is 0 Å². The van der Waals surface area contributed by atoms with Crippen LogP contribution in [0.5, 0.6) is 0 Å². The smallest absolute Gasteiger partial charge is 0.146 e. The summed E-state index contributed by atoms with van der Waals surface area (Å²) >= 11 is 1.82. The molecule has 2 aromatic heterocycles. The fourth-order valence-electron chi connectivity index (χ4n) is 4.29. The van der Waals surface area contributed by atoms with Crippen LogP contribution in [0.25, 0.3) is 10.2 Å². The number of hydrogen-bond donors (Lipinski definition) is 2. The molecule has 5 nitrogen and oxygen atoms in total. The molecule has 138 valence electrons. The van der Waals surface area contributed by atoms with E-state index in [2.05, 4.69) is 16.8 Å². The molecule has 1 aliphatic carbocycles. The Bertz CT molecular complexity index is 745. The summed E-state index contributed by atoms with van der Waals surface area (Å²) in [6, 6.07) is 0.608. The average molecular weight is 382 g/mol. The summed E-state index contributed by atoms with van der Waals surface area (Å²) in [6.07, 6.45) is 8.50. The predicted molar refractivity (Wildman–Crippen MR) is 107 cm³/mol. The quantitative estimate of drug-likeness (QED) is 0.852. The first kappa shape index (κ1) is 18.8. The Labute approximate surface area is 159 Å². The van der Waals surface area contributed by atoms with E-state index in [0.717, 1.165) is 35.6 Å². The second kappa shape index (κ2) is 7.74. The van der Waals surface area contributed by atoms with Gasteiger partial charge in [0.2, 0.25) is 0 Å². The summed E-state index contributed by atoms with van der Waals surface area (Å²) < 4.78 is 0. The average Bonchev–Trinajstić information content (AvgIpc) is 2.93. The van der Waals surface area contributed by atoms with Crippen LogP contribution in [0.2, 0.25) is 0 Å². The maximum Gasteiger partial charge on any atom is 0.146 e. The molecule has 4 rings (SSSR count). The molecule has 0 saturated carbocycles. The molecule has 2 aliphatic rings. The summed E-state index contributed by atoms with van der Waals surface area (Å²) in [5.41, 5.74) is 13.9. The van der Waals surface area contributed by atoms with E-state index in [0.29, 0.717) is 11.9 Å². The third-order valence-corrected chi connectivity index (χ3v) is 6.69. The van der Waals surface area contributed by atoms with Gasteiger partial charge in [-0.1, -0.05) is 6.42 Å². The largest absolute Gasteiger partial charge is 0.383 e. The molecule has 0 amide bonds. The maximum atomic E-state index is 6.34. The Kier molecular flexibility index (Phi) is 5.83. The van der Waals surface area contributed by atoms with Crippen LogP contribution in [-0.2, 0) is 19.4 Å². The molecule has 2 aromatic rings. The predicted octanol–water partition coefficient (Wildman–Crippen LogP) is 3.28. The van der Waals surface area contributed by atoms with Gasteiger partial charge in [-0.15, -0.1) is 23.7 Å². The molecule has 1 aliphatic heterocycles. The van der Waals surface area contributed by atoms with Crippen LogP contribution >= 0.6 is 23.7 Å². The van der Waals surface area contributed by atoms with E-state index in [-0.39, 0.29) is 18.4 Å². The fraction of sp³-hybridized carbons (Fsp3) is 0.667. The van der Waals surface area contributed by atoms with Crippen LogP contribution in [0.3, 0.4) is 0 Å². The van der Waals surface area contributed by atoms with Gasteiger partial charge in [0.1, 0.15) is 16.5 Å².